The zero-order valence-corrected chi connectivity index (χ0v) is 11.0. The van der Waals surface area contributed by atoms with Gasteiger partial charge in [0, 0.05) is 32.0 Å². The van der Waals surface area contributed by atoms with Crippen LogP contribution >= 0.6 is 0 Å². The van der Waals surface area contributed by atoms with E-state index in [1.807, 2.05) is 24.7 Å². The summed E-state index contributed by atoms with van der Waals surface area (Å²) in [6.45, 7) is 6.88. The Hall–Kier alpha value is -2.07. The fraction of sp³-hybridized carbons (Fsp3) is 0.267. The first kappa shape index (κ1) is 13.4. The molecule has 0 saturated carbocycles. The van der Waals surface area contributed by atoms with E-state index in [-0.39, 0.29) is 0 Å². The topological polar surface area (TPSA) is 39.1 Å². The molecule has 19 heavy (non-hydrogen) atoms. The molecule has 1 aromatic heterocycles. The van der Waals surface area contributed by atoms with Gasteiger partial charge in [-0.15, -0.1) is 0 Å². The number of rotatable bonds is 8. The van der Waals surface area contributed by atoms with Crippen molar-refractivity contribution >= 4 is 0 Å². The summed E-state index contributed by atoms with van der Waals surface area (Å²) < 4.78 is 7.49. The minimum Gasteiger partial charge on any atom is -0.490 e. The van der Waals surface area contributed by atoms with Crippen molar-refractivity contribution in [3.63, 3.8) is 0 Å². The number of nitrogens with one attached hydrogen (secondary N) is 1. The number of imidazole rings is 1. The standard InChI is InChI=1S/C15H19N3O/c1-2-11-19-15-5-3-14(4-6-15)12-16-7-9-18-10-8-17-13-18/h2-6,8,10,13,16H,1,7,9,11-12H2. The number of benzene rings is 1. The summed E-state index contributed by atoms with van der Waals surface area (Å²) in [5.41, 5.74) is 1.25. The summed E-state index contributed by atoms with van der Waals surface area (Å²) >= 11 is 0. The lowest BCUT2D eigenvalue weighted by Gasteiger charge is -2.07. The molecule has 1 N–H and O–H groups in total. The van der Waals surface area contributed by atoms with E-state index >= 15 is 0 Å². The molecule has 0 amide bonds. The Morgan fingerprint density at radius 1 is 1.32 bits per heavy atom. The third kappa shape index (κ3) is 4.60. The van der Waals surface area contributed by atoms with Gasteiger partial charge in [-0.05, 0) is 17.7 Å². The summed E-state index contributed by atoms with van der Waals surface area (Å²) in [5.74, 6) is 0.877. The molecule has 0 aliphatic rings. The number of hydrogen-bond acceptors (Lipinski definition) is 3. The molecular weight excluding hydrogens is 238 g/mol. The van der Waals surface area contributed by atoms with Crippen LogP contribution in [-0.2, 0) is 13.1 Å². The van der Waals surface area contributed by atoms with Crippen molar-refractivity contribution in [2.45, 2.75) is 13.1 Å². The van der Waals surface area contributed by atoms with Gasteiger partial charge in [-0.25, -0.2) is 4.98 Å². The highest BCUT2D eigenvalue weighted by molar-refractivity contribution is 5.27. The largest absolute Gasteiger partial charge is 0.490 e. The lowest BCUT2D eigenvalue weighted by Crippen LogP contribution is -2.18. The lowest BCUT2D eigenvalue weighted by molar-refractivity contribution is 0.363. The van der Waals surface area contributed by atoms with Gasteiger partial charge >= 0.3 is 0 Å². The smallest absolute Gasteiger partial charge is 0.119 e. The molecule has 100 valence electrons. The molecule has 4 heteroatoms. The van der Waals surface area contributed by atoms with Crippen molar-refractivity contribution in [2.24, 2.45) is 0 Å². The summed E-state index contributed by atoms with van der Waals surface area (Å²) in [6.07, 6.45) is 7.33. The Balaban J connectivity index is 1.69. The van der Waals surface area contributed by atoms with Gasteiger partial charge in [0.05, 0.1) is 6.33 Å². The van der Waals surface area contributed by atoms with E-state index in [1.54, 1.807) is 12.3 Å². The second-order valence-electron chi connectivity index (χ2n) is 4.22. The van der Waals surface area contributed by atoms with Crippen molar-refractivity contribution < 1.29 is 4.74 Å². The van der Waals surface area contributed by atoms with Gasteiger partial charge in [0.25, 0.3) is 0 Å². The number of ether oxygens (including phenoxy) is 1. The highest BCUT2D eigenvalue weighted by atomic mass is 16.5. The van der Waals surface area contributed by atoms with Crippen LogP contribution in [0.25, 0.3) is 0 Å². The van der Waals surface area contributed by atoms with Crippen LogP contribution in [0.15, 0.2) is 55.6 Å². The van der Waals surface area contributed by atoms with Crippen LogP contribution in [0.4, 0.5) is 0 Å². The Morgan fingerprint density at radius 2 is 2.16 bits per heavy atom. The van der Waals surface area contributed by atoms with Gasteiger partial charge in [0.1, 0.15) is 12.4 Å². The van der Waals surface area contributed by atoms with E-state index in [0.717, 1.165) is 25.4 Å². The number of nitrogens with zero attached hydrogens (tertiary/aromatic N) is 2. The average molecular weight is 257 g/mol. The van der Waals surface area contributed by atoms with Crippen molar-refractivity contribution in [3.05, 3.63) is 61.2 Å². The maximum Gasteiger partial charge on any atom is 0.119 e. The zero-order chi connectivity index (χ0) is 13.3. The summed E-state index contributed by atoms with van der Waals surface area (Å²) in [4.78, 5) is 4.01. The zero-order valence-electron chi connectivity index (χ0n) is 11.0. The van der Waals surface area contributed by atoms with Gasteiger partial charge in [0.15, 0.2) is 0 Å². The Kier molecular flexibility index (Phi) is 5.19. The molecule has 2 rings (SSSR count). The Bertz CT molecular complexity index is 477. The molecule has 0 aliphatic carbocycles. The first-order chi connectivity index (χ1) is 9.38. The SMILES string of the molecule is C=CCOc1ccc(CNCCn2ccnc2)cc1. The molecule has 0 saturated heterocycles. The predicted molar refractivity (Wildman–Crippen MR) is 76.1 cm³/mol. The van der Waals surface area contributed by atoms with E-state index < -0.39 is 0 Å². The van der Waals surface area contributed by atoms with Crippen LogP contribution in [0, 0.1) is 0 Å². The van der Waals surface area contributed by atoms with Crippen LogP contribution in [0.1, 0.15) is 5.56 Å². The van der Waals surface area contributed by atoms with Gasteiger partial charge in [-0.3, -0.25) is 0 Å². The highest BCUT2D eigenvalue weighted by Crippen LogP contribution is 2.11. The van der Waals surface area contributed by atoms with Crippen LogP contribution in [-0.4, -0.2) is 22.7 Å². The average Bonchev–Trinajstić information content (AvgIpc) is 2.96. The fourth-order valence-electron chi connectivity index (χ4n) is 1.72. The van der Waals surface area contributed by atoms with E-state index in [4.69, 9.17) is 4.74 Å². The molecule has 1 aromatic carbocycles. The summed E-state index contributed by atoms with van der Waals surface area (Å²) in [7, 11) is 0. The van der Waals surface area contributed by atoms with Gasteiger partial charge < -0.3 is 14.6 Å². The van der Waals surface area contributed by atoms with E-state index in [1.165, 1.54) is 5.56 Å². The van der Waals surface area contributed by atoms with Crippen molar-refractivity contribution in [1.29, 1.82) is 0 Å². The van der Waals surface area contributed by atoms with E-state index in [9.17, 15) is 0 Å². The molecule has 0 bridgehead atoms. The van der Waals surface area contributed by atoms with Crippen molar-refractivity contribution in [2.75, 3.05) is 13.2 Å². The maximum atomic E-state index is 5.44. The minimum absolute atomic E-state index is 0.544. The first-order valence-electron chi connectivity index (χ1n) is 6.37. The van der Waals surface area contributed by atoms with Crippen LogP contribution in [0.5, 0.6) is 5.75 Å². The second kappa shape index (κ2) is 7.38. The molecular formula is C15H19N3O. The first-order valence-corrected chi connectivity index (χ1v) is 6.37. The van der Waals surface area contributed by atoms with Crippen LogP contribution < -0.4 is 10.1 Å². The van der Waals surface area contributed by atoms with Crippen LogP contribution in [0.3, 0.4) is 0 Å². The molecule has 0 spiro atoms. The molecule has 0 radical (unpaired) electrons. The molecule has 0 fully saturated rings. The quantitative estimate of drug-likeness (QED) is 0.582. The fourth-order valence-corrected chi connectivity index (χ4v) is 1.72. The maximum absolute atomic E-state index is 5.44. The summed E-state index contributed by atoms with van der Waals surface area (Å²) in [6, 6.07) is 8.11. The number of aromatic nitrogens is 2. The van der Waals surface area contributed by atoms with Gasteiger partial charge in [-0.2, -0.15) is 0 Å². The third-order valence-electron chi connectivity index (χ3n) is 2.73. The molecule has 1 heterocycles. The van der Waals surface area contributed by atoms with Crippen molar-refractivity contribution in [1.82, 2.24) is 14.9 Å². The lowest BCUT2D eigenvalue weighted by atomic mass is 10.2. The second-order valence-corrected chi connectivity index (χ2v) is 4.22. The van der Waals surface area contributed by atoms with Crippen molar-refractivity contribution in [3.8, 4) is 5.75 Å². The molecule has 0 atom stereocenters. The molecule has 0 unspecified atom stereocenters. The van der Waals surface area contributed by atoms with E-state index in [0.29, 0.717) is 6.61 Å². The minimum atomic E-state index is 0.544. The molecule has 2 aromatic rings. The number of hydrogen-bond donors (Lipinski definition) is 1. The Morgan fingerprint density at radius 3 is 2.84 bits per heavy atom. The monoisotopic (exact) mass is 257 g/mol. The van der Waals surface area contributed by atoms with Gasteiger partial charge in [0.2, 0.25) is 0 Å². The highest BCUT2D eigenvalue weighted by Gasteiger charge is 1.95. The molecule has 0 aliphatic heterocycles. The molecule has 4 nitrogen and oxygen atoms in total. The predicted octanol–water partition coefficient (Wildman–Crippen LogP) is 2.24. The third-order valence-corrected chi connectivity index (χ3v) is 2.73. The van der Waals surface area contributed by atoms with E-state index in [2.05, 4.69) is 33.6 Å². The summed E-state index contributed by atoms with van der Waals surface area (Å²) in [5, 5.41) is 3.40. The Labute approximate surface area is 113 Å². The van der Waals surface area contributed by atoms with Crippen LogP contribution in [0.2, 0.25) is 0 Å². The normalized spacial score (nSPS) is 10.3. The van der Waals surface area contributed by atoms with Gasteiger partial charge in [-0.1, -0.05) is 24.8 Å².